The minimum atomic E-state index is -0.856. The van der Waals surface area contributed by atoms with E-state index in [0.717, 1.165) is 12.1 Å². The number of halogens is 3. The minimum absolute atomic E-state index is 0.0754. The van der Waals surface area contributed by atoms with E-state index in [1.165, 1.54) is 4.90 Å². The Balaban J connectivity index is 3.06. The minimum Gasteiger partial charge on any atom is -0.396 e. The van der Waals surface area contributed by atoms with Crippen molar-refractivity contribution in [3.8, 4) is 0 Å². The van der Waals surface area contributed by atoms with Crippen molar-refractivity contribution in [2.45, 2.75) is 26.3 Å². The molecule has 0 bridgehead atoms. The third-order valence-corrected chi connectivity index (χ3v) is 2.97. The van der Waals surface area contributed by atoms with Crippen molar-refractivity contribution in [2.24, 2.45) is 0 Å². The molecule has 0 saturated heterocycles. The predicted octanol–water partition coefficient (Wildman–Crippen LogP) is 2.85. The van der Waals surface area contributed by atoms with Gasteiger partial charge in [0.15, 0.2) is 0 Å². The zero-order chi connectivity index (χ0) is 14.6. The molecule has 6 heteroatoms. The zero-order valence-corrected chi connectivity index (χ0v) is 11.5. The number of carbonyl (C=O) groups is 1. The Kier molecular flexibility index (Phi) is 5.69. The second kappa shape index (κ2) is 6.82. The van der Waals surface area contributed by atoms with E-state index in [-0.39, 0.29) is 29.8 Å². The molecule has 106 valence electrons. The highest BCUT2D eigenvalue weighted by molar-refractivity contribution is 6.30. The fraction of sp³-hybridized carbons (Fsp3) is 0.462. The van der Waals surface area contributed by atoms with Crippen LogP contribution < -0.4 is 0 Å². The summed E-state index contributed by atoms with van der Waals surface area (Å²) in [6.07, 6.45) is 0.377. The highest BCUT2D eigenvalue weighted by atomic mass is 35.5. The van der Waals surface area contributed by atoms with E-state index in [4.69, 9.17) is 16.7 Å². The number of aliphatic hydroxyl groups excluding tert-OH is 1. The van der Waals surface area contributed by atoms with Crippen molar-refractivity contribution in [3.63, 3.8) is 0 Å². The first-order valence-corrected chi connectivity index (χ1v) is 6.32. The van der Waals surface area contributed by atoms with E-state index in [2.05, 4.69) is 0 Å². The van der Waals surface area contributed by atoms with Crippen LogP contribution in [-0.2, 0) is 0 Å². The molecule has 0 atom stereocenters. The van der Waals surface area contributed by atoms with E-state index in [1.807, 2.05) is 0 Å². The lowest BCUT2D eigenvalue weighted by Gasteiger charge is -2.26. The maximum atomic E-state index is 13.7. The van der Waals surface area contributed by atoms with Crippen LogP contribution in [0.25, 0.3) is 0 Å². The van der Waals surface area contributed by atoms with Gasteiger partial charge in [-0.25, -0.2) is 8.78 Å². The number of carbonyl (C=O) groups excluding carboxylic acids is 1. The zero-order valence-electron chi connectivity index (χ0n) is 10.8. The summed E-state index contributed by atoms with van der Waals surface area (Å²) in [6, 6.07) is 1.40. The van der Waals surface area contributed by atoms with Crippen LogP contribution in [0.5, 0.6) is 0 Å². The van der Waals surface area contributed by atoms with Gasteiger partial charge >= 0.3 is 0 Å². The largest absolute Gasteiger partial charge is 0.396 e. The first kappa shape index (κ1) is 15.9. The van der Waals surface area contributed by atoms with Gasteiger partial charge in [-0.1, -0.05) is 11.6 Å². The van der Waals surface area contributed by atoms with Crippen LogP contribution >= 0.6 is 11.6 Å². The molecule has 0 spiro atoms. The van der Waals surface area contributed by atoms with Crippen LogP contribution in [0.15, 0.2) is 12.1 Å². The Morgan fingerprint density at radius 3 is 2.53 bits per heavy atom. The molecule has 1 N–H and O–H groups in total. The van der Waals surface area contributed by atoms with Gasteiger partial charge in [-0.15, -0.1) is 0 Å². The van der Waals surface area contributed by atoms with Crippen LogP contribution in [-0.4, -0.2) is 35.1 Å². The first-order chi connectivity index (χ1) is 8.88. The number of amides is 1. The number of benzene rings is 1. The van der Waals surface area contributed by atoms with Gasteiger partial charge in [-0.3, -0.25) is 4.79 Å². The summed E-state index contributed by atoms with van der Waals surface area (Å²) in [4.78, 5) is 13.5. The fourth-order valence-corrected chi connectivity index (χ4v) is 1.83. The molecular weight excluding hydrogens is 276 g/mol. The van der Waals surface area contributed by atoms with Gasteiger partial charge in [0.1, 0.15) is 11.6 Å². The molecule has 1 rings (SSSR count). The van der Waals surface area contributed by atoms with Crippen molar-refractivity contribution in [1.82, 2.24) is 4.90 Å². The summed E-state index contributed by atoms with van der Waals surface area (Å²) in [5, 5.41) is 8.43. The maximum absolute atomic E-state index is 13.7. The van der Waals surface area contributed by atoms with Gasteiger partial charge in [-0.2, -0.15) is 0 Å². The Bertz CT molecular complexity index is 466. The number of nitrogens with zero attached hydrogens (tertiary/aromatic N) is 1. The smallest absolute Gasteiger partial charge is 0.257 e. The molecule has 0 aliphatic heterocycles. The van der Waals surface area contributed by atoms with Crippen LogP contribution in [0.4, 0.5) is 8.78 Å². The molecular formula is C13H16ClF2NO2. The fourth-order valence-electron chi connectivity index (χ4n) is 1.68. The van der Waals surface area contributed by atoms with Gasteiger partial charge in [0.25, 0.3) is 5.91 Å². The molecule has 0 fully saturated rings. The lowest BCUT2D eigenvalue weighted by Crippen LogP contribution is -2.38. The monoisotopic (exact) mass is 291 g/mol. The van der Waals surface area contributed by atoms with Crippen LogP contribution in [0.1, 0.15) is 30.6 Å². The molecule has 19 heavy (non-hydrogen) atoms. The van der Waals surface area contributed by atoms with Gasteiger partial charge in [-0.05, 0) is 32.4 Å². The van der Waals surface area contributed by atoms with Gasteiger partial charge in [0.05, 0.1) is 10.6 Å². The molecule has 1 amide bonds. The van der Waals surface area contributed by atoms with Gasteiger partial charge < -0.3 is 10.0 Å². The van der Waals surface area contributed by atoms with E-state index < -0.39 is 17.5 Å². The van der Waals surface area contributed by atoms with E-state index in [0.29, 0.717) is 6.42 Å². The first-order valence-electron chi connectivity index (χ1n) is 5.94. The molecule has 0 aliphatic rings. The standard InChI is InChI=1S/C13H16ClF2NO2/c1-8(2)17(4-3-5-18)13(19)9-6-12(16)10(14)7-11(9)15/h6-8,18H,3-5H2,1-2H3. The topological polar surface area (TPSA) is 40.5 Å². The quantitative estimate of drug-likeness (QED) is 0.848. The van der Waals surface area contributed by atoms with E-state index in [9.17, 15) is 13.6 Å². The van der Waals surface area contributed by atoms with Gasteiger partial charge in [0.2, 0.25) is 0 Å². The normalized spacial score (nSPS) is 10.9. The summed E-state index contributed by atoms with van der Waals surface area (Å²) < 4.78 is 27.0. The molecule has 0 radical (unpaired) electrons. The van der Waals surface area contributed by atoms with Crippen molar-refractivity contribution < 1.29 is 18.7 Å². The summed E-state index contributed by atoms with van der Waals surface area (Å²) in [7, 11) is 0. The average molecular weight is 292 g/mol. The molecule has 0 unspecified atom stereocenters. The van der Waals surface area contributed by atoms with Crippen molar-refractivity contribution in [1.29, 1.82) is 0 Å². The van der Waals surface area contributed by atoms with Gasteiger partial charge in [0, 0.05) is 19.2 Å². The number of hydrogen-bond donors (Lipinski definition) is 1. The summed E-state index contributed by atoms with van der Waals surface area (Å²) in [5.74, 6) is -2.31. The Morgan fingerprint density at radius 2 is 2.00 bits per heavy atom. The maximum Gasteiger partial charge on any atom is 0.257 e. The van der Waals surface area contributed by atoms with Crippen molar-refractivity contribution in [3.05, 3.63) is 34.4 Å². The highest BCUT2D eigenvalue weighted by Crippen LogP contribution is 2.21. The van der Waals surface area contributed by atoms with E-state index >= 15 is 0 Å². The molecule has 1 aromatic carbocycles. The summed E-state index contributed by atoms with van der Waals surface area (Å²) in [5.41, 5.74) is -0.353. The Hall–Kier alpha value is -1.20. The molecule has 0 aromatic heterocycles. The number of aliphatic hydroxyl groups is 1. The third-order valence-electron chi connectivity index (χ3n) is 2.68. The SMILES string of the molecule is CC(C)N(CCCO)C(=O)c1cc(F)c(Cl)cc1F. The lowest BCUT2D eigenvalue weighted by molar-refractivity contribution is 0.0688. The molecule has 0 saturated carbocycles. The van der Waals surface area contributed by atoms with Crippen molar-refractivity contribution >= 4 is 17.5 Å². The van der Waals surface area contributed by atoms with Crippen molar-refractivity contribution in [2.75, 3.05) is 13.2 Å². The Morgan fingerprint density at radius 1 is 1.37 bits per heavy atom. The van der Waals surface area contributed by atoms with E-state index in [1.54, 1.807) is 13.8 Å². The van der Waals surface area contributed by atoms with Crippen LogP contribution in [0.3, 0.4) is 0 Å². The average Bonchev–Trinajstić information content (AvgIpc) is 2.33. The summed E-state index contributed by atoms with van der Waals surface area (Å²) >= 11 is 5.44. The summed E-state index contributed by atoms with van der Waals surface area (Å²) in [6.45, 7) is 3.73. The van der Waals surface area contributed by atoms with Crippen LogP contribution in [0, 0.1) is 11.6 Å². The third kappa shape index (κ3) is 3.88. The highest BCUT2D eigenvalue weighted by Gasteiger charge is 2.22. The lowest BCUT2D eigenvalue weighted by atomic mass is 10.1. The second-order valence-corrected chi connectivity index (χ2v) is 4.82. The molecule has 1 aromatic rings. The number of rotatable bonds is 5. The second-order valence-electron chi connectivity index (χ2n) is 4.42. The van der Waals surface area contributed by atoms with Crippen LogP contribution in [0.2, 0.25) is 5.02 Å². The predicted molar refractivity (Wildman–Crippen MR) is 69.2 cm³/mol. The Labute approximate surface area is 115 Å². The molecule has 3 nitrogen and oxygen atoms in total. The number of hydrogen-bond acceptors (Lipinski definition) is 2. The molecule has 0 aliphatic carbocycles. The molecule has 0 heterocycles.